The zero-order valence-corrected chi connectivity index (χ0v) is 23.1. The molecule has 0 unspecified atom stereocenters. The van der Waals surface area contributed by atoms with Crippen LogP contribution >= 0.6 is 24.0 Å². The number of nitrogens with one attached hydrogen (secondary N) is 3. The van der Waals surface area contributed by atoms with Gasteiger partial charge in [0.25, 0.3) is 0 Å². The largest absolute Gasteiger partial charge is 0.444 e. The van der Waals surface area contributed by atoms with Crippen molar-refractivity contribution in [3.63, 3.8) is 0 Å². The molecule has 32 heavy (non-hydrogen) atoms. The Bertz CT molecular complexity index is 596. The first-order valence-electron chi connectivity index (χ1n) is 11.0. The van der Waals surface area contributed by atoms with Crippen molar-refractivity contribution in [2.24, 2.45) is 4.99 Å². The van der Waals surface area contributed by atoms with Crippen molar-refractivity contribution in [1.29, 1.82) is 0 Å². The number of ether oxygens (including phenoxy) is 2. The quantitative estimate of drug-likeness (QED) is 0.187. The molecular weight excluding hydrogens is 527 g/mol. The zero-order chi connectivity index (χ0) is 23.5. The molecule has 1 saturated heterocycles. The maximum absolute atomic E-state index is 12.1. The maximum Gasteiger partial charge on any atom is 0.410 e. The van der Waals surface area contributed by atoms with E-state index >= 15 is 0 Å². The van der Waals surface area contributed by atoms with Crippen LogP contribution in [-0.2, 0) is 9.47 Å². The van der Waals surface area contributed by atoms with Gasteiger partial charge in [-0.15, -0.1) is 24.0 Å². The number of halogens is 1. The Morgan fingerprint density at radius 1 is 0.844 bits per heavy atom. The number of guanidine groups is 1. The van der Waals surface area contributed by atoms with E-state index in [1.807, 2.05) is 41.5 Å². The van der Waals surface area contributed by atoms with Crippen LogP contribution in [0.25, 0.3) is 0 Å². The van der Waals surface area contributed by atoms with Crippen molar-refractivity contribution < 1.29 is 19.1 Å². The fourth-order valence-corrected chi connectivity index (χ4v) is 2.87. The van der Waals surface area contributed by atoms with E-state index in [1.54, 1.807) is 11.9 Å². The summed E-state index contributed by atoms with van der Waals surface area (Å²) in [6.07, 6.45) is 0.303. The summed E-state index contributed by atoms with van der Waals surface area (Å²) in [5.41, 5.74) is -0.963. The molecule has 0 saturated carbocycles. The van der Waals surface area contributed by atoms with Crippen molar-refractivity contribution >= 4 is 42.1 Å². The predicted molar refractivity (Wildman–Crippen MR) is 138 cm³/mol. The zero-order valence-electron chi connectivity index (χ0n) is 20.7. The Kier molecular flexibility index (Phi) is 13.9. The topological polar surface area (TPSA) is 108 Å². The van der Waals surface area contributed by atoms with Gasteiger partial charge in [0.2, 0.25) is 0 Å². The first-order valence-corrected chi connectivity index (χ1v) is 11.0. The van der Waals surface area contributed by atoms with E-state index in [1.165, 1.54) is 0 Å². The van der Waals surface area contributed by atoms with Crippen LogP contribution in [0.1, 0.15) is 48.0 Å². The van der Waals surface area contributed by atoms with Gasteiger partial charge < -0.3 is 30.3 Å². The van der Waals surface area contributed by atoms with E-state index in [-0.39, 0.29) is 30.1 Å². The van der Waals surface area contributed by atoms with Gasteiger partial charge in [-0.05, 0) is 54.5 Å². The van der Waals surface area contributed by atoms with Gasteiger partial charge in [-0.3, -0.25) is 9.89 Å². The van der Waals surface area contributed by atoms with E-state index in [9.17, 15) is 9.59 Å². The molecule has 2 amide bonds. The molecule has 1 rings (SSSR count). The van der Waals surface area contributed by atoms with Gasteiger partial charge >= 0.3 is 12.2 Å². The minimum Gasteiger partial charge on any atom is -0.444 e. The van der Waals surface area contributed by atoms with Gasteiger partial charge in [0, 0.05) is 52.9 Å². The van der Waals surface area contributed by atoms with Crippen molar-refractivity contribution in [1.82, 2.24) is 25.8 Å². The lowest BCUT2D eigenvalue weighted by Crippen LogP contribution is -2.50. The molecule has 0 aromatic carbocycles. The Balaban J connectivity index is 0.00000961. The van der Waals surface area contributed by atoms with Gasteiger partial charge in [0.05, 0.1) is 0 Å². The summed E-state index contributed by atoms with van der Waals surface area (Å²) >= 11 is 0. The second-order valence-electron chi connectivity index (χ2n) is 9.52. The lowest BCUT2D eigenvalue weighted by atomic mass is 10.2. The van der Waals surface area contributed by atoms with Gasteiger partial charge in [-0.25, -0.2) is 9.59 Å². The number of amides is 2. The highest BCUT2D eigenvalue weighted by atomic mass is 127. The van der Waals surface area contributed by atoms with E-state index in [4.69, 9.17) is 9.47 Å². The van der Waals surface area contributed by atoms with Crippen LogP contribution in [0.2, 0.25) is 0 Å². The lowest BCUT2D eigenvalue weighted by Gasteiger charge is -2.35. The van der Waals surface area contributed by atoms with Crippen LogP contribution in [0.3, 0.4) is 0 Å². The predicted octanol–water partition coefficient (Wildman–Crippen LogP) is 2.24. The number of hydrogen-bond acceptors (Lipinski definition) is 6. The van der Waals surface area contributed by atoms with Crippen LogP contribution in [0.4, 0.5) is 9.59 Å². The summed E-state index contributed by atoms with van der Waals surface area (Å²) in [7, 11) is 1.71. The number of aliphatic imine (C=N–C) groups is 1. The first-order chi connectivity index (χ1) is 14.4. The standard InChI is InChI=1S/C21H42N6O4.HI/c1-20(2,3)30-18(28)25-11-10-24-17(22-7)23-9-8-12-26-13-15-27(16-14-26)19(29)31-21(4,5)6;/h8-16H2,1-7H3,(H,25,28)(H2,22,23,24);1H. The summed E-state index contributed by atoms with van der Waals surface area (Å²) in [5.74, 6) is 0.695. The minimum absolute atomic E-state index is 0. The fraction of sp³-hybridized carbons (Fsp3) is 0.857. The Morgan fingerprint density at radius 3 is 1.91 bits per heavy atom. The molecule has 0 aliphatic carbocycles. The third-order valence-corrected chi connectivity index (χ3v) is 4.28. The van der Waals surface area contributed by atoms with Crippen molar-refractivity contribution in [3.8, 4) is 0 Å². The summed E-state index contributed by atoms with van der Waals surface area (Å²) < 4.78 is 10.6. The van der Waals surface area contributed by atoms with Crippen molar-refractivity contribution in [2.45, 2.75) is 59.2 Å². The highest BCUT2D eigenvalue weighted by Gasteiger charge is 2.25. The SMILES string of the molecule is CN=C(NCCCN1CCN(C(=O)OC(C)(C)C)CC1)NCCNC(=O)OC(C)(C)C.I. The monoisotopic (exact) mass is 570 g/mol. The summed E-state index contributed by atoms with van der Waals surface area (Å²) in [6, 6.07) is 0. The average molecular weight is 571 g/mol. The molecule has 1 aliphatic rings. The molecule has 188 valence electrons. The normalized spacial score (nSPS) is 15.5. The summed E-state index contributed by atoms with van der Waals surface area (Å²) in [6.45, 7) is 16.9. The molecule has 0 atom stereocenters. The first kappa shape index (κ1) is 30.5. The molecule has 0 spiro atoms. The van der Waals surface area contributed by atoms with Gasteiger partial charge in [0.1, 0.15) is 11.2 Å². The van der Waals surface area contributed by atoms with Crippen molar-refractivity contribution in [3.05, 3.63) is 0 Å². The van der Waals surface area contributed by atoms with Gasteiger partial charge in [-0.1, -0.05) is 0 Å². The summed E-state index contributed by atoms with van der Waals surface area (Å²) in [5, 5.41) is 9.13. The number of alkyl carbamates (subject to hydrolysis) is 1. The number of nitrogens with zero attached hydrogens (tertiary/aromatic N) is 3. The minimum atomic E-state index is -0.502. The molecule has 1 fully saturated rings. The van der Waals surface area contributed by atoms with Crippen LogP contribution in [-0.4, -0.2) is 98.6 Å². The highest BCUT2D eigenvalue weighted by molar-refractivity contribution is 14.0. The third kappa shape index (κ3) is 14.5. The molecule has 0 aromatic heterocycles. The summed E-state index contributed by atoms with van der Waals surface area (Å²) in [4.78, 5) is 32.0. The van der Waals surface area contributed by atoms with E-state index in [2.05, 4.69) is 25.8 Å². The molecule has 0 aromatic rings. The molecule has 10 nitrogen and oxygen atoms in total. The third-order valence-electron chi connectivity index (χ3n) is 4.28. The van der Waals surface area contributed by atoms with Crippen molar-refractivity contribution in [2.75, 3.05) is 59.4 Å². The number of rotatable bonds is 7. The van der Waals surface area contributed by atoms with Gasteiger partial charge in [-0.2, -0.15) is 0 Å². The molecule has 1 heterocycles. The van der Waals surface area contributed by atoms with E-state index < -0.39 is 17.3 Å². The maximum atomic E-state index is 12.1. The second kappa shape index (κ2) is 14.6. The Labute approximate surface area is 210 Å². The molecule has 1 aliphatic heterocycles. The molecule has 11 heteroatoms. The van der Waals surface area contributed by atoms with Crippen LogP contribution in [0, 0.1) is 0 Å². The lowest BCUT2D eigenvalue weighted by molar-refractivity contribution is 0.0144. The van der Waals surface area contributed by atoms with Crippen LogP contribution in [0.5, 0.6) is 0 Å². The molecule has 3 N–H and O–H groups in total. The fourth-order valence-electron chi connectivity index (χ4n) is 2.87. The molecule has 0 radical (unpaired) electrons. The van der Waals surface area contributed by atoms with E-state index in [0.717, 1.165) is 32.6 Å². The van der Waals surface area contributed by atoms with Crippen LogP contribution < -0.4 is 16.0 Å². The number of piperazine rings is 1. The second-order valence-corrected chi connectivity index (χ2v) is 9.52. The molecular formula is C21H43IN6O4. The average Bonchev–Trinajstić information content (AvgIpc) is 2.64. The van der Waals surface area contributed by atoms with Gasteiger partial charge in [0.15, 0.2) is 5.96 Å². The number of carbonyl (C=O) groups is 2. The smallest absolute Gasteiger partial charge is 0.410 e. The number of carbonyl (C=O) groups excluding carboxylic acids is 2. The van der Waals surface area contributed by atoms with Crippen LogP contribution in [0.15, 0.2) is 4.99 Å². The number of hydrogen-bond donors (Lipinski definition) is 3. The Hall–Kier alpha value is -1.50. The van der Waals surface area contributed by atoms with E-state index in [0.29, 0.717) is 32.1 Å². The Morgan fingerprint density at radius 2 is 1.38 bits per heavy atom. The molecule has 0 bridgehead atoms. The highest BCUT2D eigenvalue weighted by Crippen LogP contribution is 2.12.